The third-order valence-corrected chi connectivity index (χ3v) is 3.84. The first-order chi connectivity index (χ1) is 8.59. The lowest BCUT2D eigenvalue weighted by Crippen LogP contribution is -2.36. The smallest absolute Gasteiger partial charge is 0.222 e. The van der Waals surface area contributed by atoms with Gasteiger partial charge < -0.3 is 4.90 Å². The monoisotopic (exact) mass is 265 g/mol. The van der Waals surface area contributed by atoms with Crippen molar-refractivity contribution < 1.29 is 4.79 Å². The molecule has 110 valence electrons. The molecule has 19 heavy (non-hydrogen) atoms. The molecule has 1 heterocycles. The molecule has 0 aromatic rings. The molecule has 0 saturated carbocycles. The third-order valence-electron chi connectivity index (χ3n) is 3.84. The zero-order valence-corrected chi connectivity index (χ0v) is 13.7. The van der Waals surface area contributed by atoms with Crippen molar-refractivity contribution in [2.75, 3.05) is 13.1 Å². The first-order valence-corrected chi connectivity index (χ1v) is 7.57. The van der Waals surface area contributed by atoms with Crippen molar-refractivity contribution in [1.29, 1.82) is 0 Å². The Morgan fingerprint density at radius 1 is 1.21 bits per heavy atom. The summed E-state index contributed by atoms with van der Waals surface area (Å²) in [5.74, 6) is 0.327. The Labute approximate surface area is 119 Å². The predicted molar refractivity (Wildman–Crippen MR) is 82.0 cm³/mol. The molecule has 0 radical (unpaired) electrons. The Kier molecular flexibility index (Phi) is 5.23. The van der Waals surface area contributed by atoms with Gasteiger partial charge in [-0.2, -0.15) is 0 Å². The predicted octanol–water partition coefficient (Wildman–Crippen LogP) is 4.41. The fourth-order valence-corrected chi connectivity index (χ4v) is 2.50. The Morgan fingerprint density at radius 2 is 1.84 bits per heavy atom. The van der Waals surface area contributed by atoms with Crippen LogP contribution in [0.5, 0.6) is 0 Å². The van der Waals surface area contributed by atoms with E-state index in [4.69, 9.17) is 0 Å². The minimum atomic E-state index is 0.251. The fraction of sp³-hybridized carbons (Fsp3) is 0.824. The van der Waals surface area contributed by atoms with E-state index in [0.717, 1.165) is 32.4 Å². The van der Waals surface area contributed by atoms with E-state index in [1.165, 1.54) is 5.57 Å². The van der Waals surface area contributed by atoms with E-state index in [0.29, 0.717) is 17.7 Å². The van der Waals surface area contributed by atoms with Crippen LogP contribution in [0.1, 0.15) is 67.2 Å². The molecule has 1 amide bonds. The van der Waals surface area contributed by atoms with Crippen molar-refractivity contribution in [2.24, 2.45) is 10.8 Å². The van der Waals surface area contributed by atoms with Gasteiger partial charge in [0.05, 0.1) is 0 Å². The molecule has 0 atom stereocenters. The van der Waals surface area contributed by atoms with Gasteiger partial charge in [-0.05, 0) is 30.1 Å². The van der Waals surface area contributed by atoms with Crippen LogP contribution in [-0.2, 0) is 4.79 Å². The zero-order valence-electron chi connectivity index (χ0n) is 13.7. The summed E-state index contributed by atoms with van der Waals surface area (Å²) >= 11 is 0. The highest BCUT2D eigenvalue weighted by Crippen LogP contribution is 2.30. The summed E-state index contributed by atoms with van der Waals surface area (Å²) < 4.78 is 0. The first kappa shape index (κ1) is 16.3. The van der Waals surface area contributed by atoms with Crippen molar-refractivity contribution in [3.8, 4) is 0 Å². The zero-order chi connectivity index (χ0) is 14.7. The molecule has 0 saturated heterocycles. The molecule has 0 bridgehead atoms. The highest BCUT2D eigenvalue weighted by molar-refractivity contribution is 5.76. The van der Waals surface area contributed by atoms with Gasteiger partial charge in [0.2, 0.25) is 5.91 Å². The molecule has 1 aliphatic rings. The molecular weight excluding hydrogens is 234 g/mol. The lowest BCUT2D eigenvalue weighted by Gasteiger charge is -2.32. The standard InChI is InChI=1S/C17H31NO/c1-16(2,3)11-7-8-15(19)18-12-9-14(10-13-18)17(4,5)6/h9H,7-8,10-13H2,1-6H3. The van der Waals surface area contributed by atoms with Crippen molar-refractivity contribution in [2.45, 2.75) is 67.2 Å². The van der Waals surface area contributed by atoms with Gasteiger partial charge in [-0.3, -0.25) is 4.79 Å². The van der Waals surface area contributed by atoms with E-state index in [2.05, 4.69) is 47.6 Å². The molecule has 1 rings (SSSR count). The Morgan fingerprint density at radius 3 is 2.26 bits per heavy atom. The number of nitrogens with zero attached hydrogens (tertiary/aromatic N) is 1. The topological polar surface area (TPSA) is 20.3 Å². The van der Waals surface area contributed by atoms with E-state index in [1.807, 2.05) is 4.90 Å². The van der Waals surface area contributed by atoms with Gasteiger partial charge in [-0.15, -0.1) is 0 Å². The SMILES string of the molecule is CC(C)(C)CCCC(=O)N1CC=C(C(C)(C)C)CC1. The Bertz CT molecular complexity index is 341. The molecule has 0 unspecified atom stereocenters. The van der Waals surface area contributed by atoms with Crippen LogP contribution in [0.15, 0.2) is 11.6 Å². The number of hydrogen-bond donors (Lipinski definition) is 0. The van der Waals surface area contributed by atoms with Crippen LogP contribution in [0.4, 0.5) is 0 Å². The van der Waals surface area contributed by atoms with Crippen molar-refractivity contribution in [1.82, 2.24) is 4.90 Å². The number of amides is 1. The first-order valence-electron chi connectivity index (χ1n) is 7.57. The van der Waals surface area contributed by atoms with Crippen LogP contribution in [-0.4, -0.2) is 23.9 Å². The molecule has 0 aliphatic carbocycles. The summed E-state index contributed by atoms with van der Waals surface area (Å²) in [5.41, 5.74) is 2.08. The molecule has 1 aliphatic heterocycles. The molecule has 0 aromatic carbocycles. The van der Waals surface area contributed by atoms with Gasteiger partial charge in [0, 0.05) is 19.5 Å². The molecule has 0 N–H and O–H groups in total. The minimum absolute atomic E-state index is 0.251. The Balaban J connectivity index is 2.39. The normalized spacial score (nSPS) is 17.4. The van der Waals surface area contributed by atoms with Crippen LogP contribution >= 0.6 is 0 Å². The van der Waals surface area contributed by atoms with Crippen LogP contribution in [0, 0.1) is 10.8 Å². The van der Waals surface area contributed by atoms with E-state index in [-0.39, 0.29) is 5.41 Å². The summed E-state index contributed by atoms with van der Waals surface area (Å²) in [6.45, 7) is 15.2. The van der Waals surface area contributed by atoms with Gasteiger partial charge in [0.25, 0.3) is 0 Å². The minimum Gasteiger partial charge on any atom is -0.339 e. The second-order valence-corrected chi connectivity index (χ2v) is 7.98. The molecular formula is C17H31NO. The lowest BCUT2D eigenvalue weighted by molar-refractivity contribution is -0.131. The van der Waals surface area contributed by atoms with Crippen molar-refractivity contribution in [3.05, 3.63) is 11.6 Å². The highest BCUT2D eigenvalue weighted by Gasteiger charge is 2.23. The van der Waals surface area contributed by atoms with Crippen LogP contribution < -0.4 is 0 Å². The maximum atomic E-state index is 12.1. The second kappa shape index (κ2) is 6.11. The van der Waals surface area contributed by atoms with Gasteiger partial charge in [0.1, 0.15) is 0 Å². The van der Waals surface area contributed by atoms with E-state index >= 15 is 0 Å². The van der Waals surface area contributed by atoms with E-state index < -0.39 is 0 Å². The Hall–Kier alpha value is -0.790. The summed E-state index contributed by atoms with van der Waals surface area (Å²) in [7, 11) is 0. The molecule has 2 heteroatoms. The summed E-state index contributed by atoms with van der Waals surface area (Å²) in [4.78, 5) is 14.1. The highest BCUT2D eigenvalue weighted by atomic mass is 16.2. The summed E-state index contributed by atoms with van der Waals surface area (Å²) in [6, 6.07) is 0. The van der Waals surface area contributed by atoms with Gasteiger partial charge in [-0.1, -0.05) is 53.2 Å². The largest absolute Gasteiger partial charge is 0.339 e. The van der Waals surface area contributed by atoms with Crippen molar-refractivity contribution >= 4 is 5.91 Å². The van der Waals surface area contributed by atoms with Crippen molar-refractivity contribution in [3.63, 3.8) is 0 Å². The van der Waals surface area contributed by atoms with Crippen LogP contribution in [0.25, 0.3) is 0 Å². The lowest BCUT2D eigenvalue weighted by atomic mass is 9.83. The van der Waals surface area contributed by atoms with Gasteiger partial charge >= 0.3 is 0 Å². The average molecular weight is 265 g/mol. The number of rotatable bonds is 3. The molecule has 2 nitrogen and oxygen atoms in total. The maximum absolute atomic E-state index is 12.1. The van der Waals surface area contributed by atoms with Crippen LogP contribution in [0.3, 0.4) is 0 Å². The fourth-order valence-electron chi connectivity index (χ4n) is 2.50. The van der Waals surface area contributed by atoms with Gasteiger partial charge in [0.15, 0.2) is 0 Å². The number of carbonyl (C=O) groups excluding carboxylic acids is 1. The molecule has 0 spiro atoms. The maximum Gasteiger partial charge on any atom is 0.222 e. The van der Waals surface area contributed by atoms with E-state index in [1.54, 1.807) is 0 Å². The van der Waals surface area contributed by atoms with Gasteiger partial charge in [-0.25, -0.2) is 0 Å². The quantitative estimate of drug-likeness (QED) is 0.692. The summed E-state index contributed by atoms with van der Waals surface area (Å²) in [5, 5.41) is 0. The second-order valence-electron chi connectivity index (χ2n) is 7.98. The number of hydrogen-bond acceptors (Lipinski definition) is 1. The summed E-state index contributed by atoms with van der Waals surface area (Å²) in [6.07, 6.45) is 6.12. The molecule has 0 aromatic heterocycles. The average Bonchev–Trinajstić information content (AvgIpc) is 2.26. The molecule has 0 fully saturated rings. The van der Waals surface area contributed by atoms with Crippen LogP contribution in [0.2, 0.25) is 0 Å². The third kappa shape index (κ3) is 5.80. The number of carbonyl (C=O) groups is 1. The van der Waals surface area contributed by atoms with E-state index in [9.17, 15) is 4.79 Å².